The van der Waals surface area contributed by atoms with Gasteiger partial charge in [0.1, 0.15) is 5.75 Å². The zero-order chi connectivity index (χ0) is 16.3. The lowest BCUT2D eigenvalue weighted by Crippen LogP contribution is -2.23. The van der Waals surface area contributed by atoms with E-state index in [2.05, 4.69) is 0 Å². The highest BCUT2D eigenvalue weighted by Gasteiger charge is 2.18. The van der Waals surface area contributed by atoms with Crippen molar-refractivity contribution in [1.29, 1.82) is 0 Å². The Balaban J connectivity index is 2.34. The van der Waals surface area contributed by atoms with Crippen molar-refractivity contribution < 1.29 is 19.4 Å². The normalized spacial score (nSPS) is 11.8. The highest BCUT2D eigenvalue weighted by molar-refractivity contribution is 6.10. The molecule has 2 aromatic carbocycles. The summed E-state index contributed by atoms with van der Waals surface area (Å²) in [7, 11) is 0. The predicted molar refractivity (Wildman–Crippen MR) is 83.5 cm³/mol. The van der Waals surface area contributed by atoms with E-state index < -0.39 is 12.1 Å². The molecule has 2 aromatic rings. The first kappa shape index (κ1) is 15.8. The van der Waals surface area contributed by atoms with Gasteiger partial charge in [-0.2, -0.15) is 0 Å². The van der Waals surface area contributed by atoms with Gasteiger partial charge >= 0.3 is 5.97 Å². The molecule has 1 unspecified atom stereocenters. The van der Waals surface area contributed by atoms with Crippen molar-refractivity contribution in [2.24, 2.45) is 0 Å². The zero-order valence-electron chi connectivity index (χ0n) is 12.8. The third-order valence-corrected chi connectivity index (χ3v) is 3.49. The molecule has 22 heavy (non-hydrogen) atoms. The van der Waals surface area contributed by atoms with Crippen molar-refractivity contribution in [2.45, 2.75) is 26.9 Å². The average Bonchev–Trinajstić information content (AvgIpc) is 2.49. The fraction of sp³-hybridized carbons (Fsp3) is 0.222. The molecule has 1 N–H and O–H groups in total. The van der Waals surface area contributed by atoms with E-state index in [0.717, 1.165) is 5.56 Å². The molecule has 0 amide bonds. The number of rotatable bonds is 5. The Morgan fingerprint density at radius 3 is 2.27 bits per heavy atom. The molecule has 0 aliphatic heterocycles. The minimum Gasteiger partial charge on any atom is -0.479 e. The lowest BCUT2D eigenvalue weighted by Gasteiger charge is -2.15. The number of carboxylic acids is 1. The van der Waals surface area contributed by atoms with Crippen molar-refractivity contribution in [3.8, 4) is 5.75 Å². The smallest absolute Gasteiger partial charge is 0.344 e. The third kappa shape index (κ3) is 3.34. The van der Waals surface area contributed by atoms with Gasteiger partial charge in [0.2, 0.25) is 0 Å². The molecule has 114 valence electrons. The first-order valence-corrected chi connectivity index (χ1v) is 7.00. The fourth-order valence-corrected chi connectivity index (χ4v) is 2.09. The van der Waals surface area contributed by atoms with Crippen LogP contribution >= 0.6 is 0 Å². The van der Waals surface area contributed by atoms with Gasteiger partial charge in [-0.25, -0.2) is 4.79 Å². The Hall–Kier alpha value is -2.62. The molecular formula is C18H18O4. The first-order chi connectivity index (χ1) is 10.4. The van der Waals surface area contributed by atoms with Gasteiger partial charge in [-0.05, 0) is 26.8 Å². The summed E-state index contributed by atoms with van der Waals surface area (Å²) >= 11 is 0. The SMILES string of the molecule is Cc1ccc(C(=O)c2cccc(OC(C)C(=O)O)c2C)cc1. The number of carbonyl (C=O) groups is 2. The van der Waals surface area contributed by atoms with Gasteiger partial charge in [-0.3, -0.25) is 4.79 Å². The number of hydrogen-bond donors (Lipinski definition) is 1. The quantitative estimate of drug-likeness (QED) is 0.859. The van der Waals surface area contributed by atoms with Crippen LogP contribution < -0.4 is 4.74 Å². The maximum absolute atomic E-state index is 12.6. The summed E-state index contributed by atoms with van der Waals surface area (Å²) in [6.07, 6.45) is -0.969. The van der Waals surface area contributed by atoms with Crippen molar-refractivity contribution in [2.75, 3.05) is 0 Å². The molecule has 0 aromatic heterocycles. The second-order valence-electron chi connectivity index (χ2n) is 5.22. The maximum atomic E-state index is 12.6. The van der Waals surface area contributed by atoms with E-state index in [1.54, 1.807) is 37.3 Å². The van der Waals surface area contributed by atoms with Crippen molar-refractivity contribution in [1.82, 2.24) is 0 Å². The largest absolute Gasteiger partial charge is 0.479 e. The van der Waals surface area contributed by atoms with Gasteiger partial charge < -0.3 is 9.84 Å². The lowest BCUT2D eigenvalue weighted by molar-refractivity contribution is -0.144. The summed E-state index contributed by atoms with van der Waals surface area (Å²) in [5.41, 5.74) is 2.83. The molecule has 0 heterocycles. The van der Waals surface area contributed by atoms with Gasteiger partial charge in [-0.1, -0.05) is 42.0 Å². The summed E-state index contributed by atoms with van der Waals surface area (Å²) < 4.78 is 5.40. The minimum absolute atomic E-state index is 0.106. The highest BCUT2D eigenvalue weighted by atomic mass is 16.5. The molecule has 4 nitrogen and oxygen atoms in total. The Labute approximate surface area is 129 Å². The zero-order valence-corrected chi connectivity index (χ0v) is 12.8. The number of benzene rings is 2. The molecule has 0 spiro atoms. The number of carboxylic acid groups (broad SMARTS) is 1. The Morgan fingerprint density at radius 1 is 1.05 bits per heavy atom. The van der Waals surface area contributed by atoms with Crippen LogP contribution in [0.5, 0.6) is 5.75 Å². The van der Waals surface area contributed by atoms with Crippen LogP contribution in [0, 0.1) is 13.8 Å². The molecule has 0 aliphatic rings. The monoisotopic (exact) mass is 298 g/mol. The van der Waals surface area contributed by atoms with Crippen LogP contribution in [0.1, 0.15) is 34.0 Å². The Bertz CT molecular complexity index is 702. The number of ether oxygens (including phenoxy) is 1. The van der Waals surface area contributed by atoms with E-state index in [9.17, 15) is 9.59 Å². The van der Waals surface area contributed by atoms with E-state index >= 15 is 0 Å². The molecule has 1 atom stereocenters. The van der Waals surface area contributed by atoms with E-state index in [1.807, 2.05) is 19.1 Å². The molecule has 0 bridgehead atoms. The minimum atomic E-state index is -1.05. The van der Waals surface area contributed by atoms with Gasteiger partial charge in [0.15, 0.2) is 11.9 Å². The molecule has 2 rings (SSSR count). The van der Waals surface area contributed by atoms with E-state index in [4.69, 9.17) is 9.84 Å². The van der Waals surface area contributed by atoms with Gasteiger partial charge in [-0.15, -0.1) is 0 Å². The topological polar surface area (TPSA) is 63.6 Å². The third-order valence-electron chi connectivity index (χ3n) is 3.49. The molecular weight excluding hydrogens is 280 g/mol. The summed E-state index contributed by atoms with van der Waals surface area (Å²) in [5.74, 6) is -0.742. The maximum Gasteiger partial charge on any atom is 0.344 e. The van der Waals surface area contributed by atoms with E-state index in [-0.39, 0.29) is 5.78 Å². The van der Waals surface area contributed by atoms with Gasteiger partial charge in [0, 0.05) is 16.7 Å². The average molecular weight is 298 g/mol. The summed E-state index contributed by atoms with van der Waals surface area (Å²) in [6, 6.07) is 12.4. The fourth-order valence-electron chi connectivity index (χ4n) is 2.09. The van der Waals surface area contributed by atoms with E-state index in [1.165, 1.54) is 6.92 Å². The summed E-state index contributed by atoms with van der Waals surface area (Å²) in [4.78, 5) is 23.5. The highest BCUT2D eigenvalue weighted by Crippen LogP contribution is 2.24. The van der Waals surface area contributed by atoms with Crippen LogP contribution in [0.3, 0.4) is 0 Å². The number of aliphatic carboxylic acids is 1. The number of hydrogen-bond acceptors (Lipinski definition) is 3. The van der Waals surface area contributed by atoms with Gasteiger partial charge in [0.25, 0.3) is 0 Å². The van der Waals surface area contributed by atoms with E-state index in [0.29, 0.717) is 22.4 Å². The first-order valence-electron chi connectivity index (χ1n) is 7.00. The van der Waals surface area contributed by atoms with Crippen LogP contribution in [0.15, 0.2) is 42.5 Å². The second kappa shape index (κ2) is 6.43. The molecule has 0 aliphatic carbocycles. The molecule has 0 saturated heterocycles. The van der Waals surface area contributed by atoms with Gasteiger partial charge in [0.05, 0.1) is 0 Å². The Kier molecular flexibility index (Phi) is 4.61. The van der Waals surface area contributed by atoms with Crippen molar-refractivity contribution in [3.05, 3.63) is 64.7 Å². The molecule has 4 heteroatoms. The van der Waals surface area contributed by atoms with Crippen molar-refractivity contribution >= 4 is 11.8 Å². The number of carbonyl (C=O) groups excluding carboxylic acids is 1. The Morgan fingerprint density at radius 2 is 1.68 bits per heavy atom. The van der Waals surface area contributed by atoms with Crippen molar-refractivity contribution in [3.63, 3.8) is 0 Å². The molecule has 0 fully saturated rings. The number of aryl methyl sites for hydroxylation is 1. The molecule has 0 radical (unpaired) electrons. The standard InChI is InChI=1S/C18H18O4/c1-11-7-9-14(10-8-11)17(19)15-5-4-6-16(12(15)2)22-13(3)18(20)21/h4-10,13H,1-3H3,(H,20,21). The van der Waals surface area contributed by atoms with Crippen LogP contribution in [0.4, 0.5) is 0 Å². The second-order valence-corrected chi connectivity index (χ2v) is 5.22. The molecule has 0 saturated carbocycles. The van der Waals surface area contributed by atoms with Crippen LogP contribution in [-0.2, 0) is 4.79 Å². The summed E-state index contributed by atoms with van der Waals surface area (Å²) in [5, 5.41) is 8.92. The number of ketones is 1. The summed E-state index contributed by atoms with van der Waals surface area (Å²) in [6.45, 7) is 5.17. The lowest BCUT2D eigenvalue weighted by atomic mass is 9.98. The predicted octanol–water partition coefficient (Wildman–Crippen LogP) is 3.39. The van der Waals surface area contributed by atoms with Crippen LogP contribution in [0.2, 0.25) is 0 Å². The van der Waals surface area contributed by atoms with Crippen LogP contribution in [0.25, 0.3) is 0 Å². The van der Waals surface area contributed by atoms with Crippen LogP contribution in [-0.4, -0.2) is 23.0 Å².